The Labute approximate surface area is 168 Å². The molecule has 1 aliphatic carbocycles. The summed E-state index contributed by atoms with van der Waals surface area (Å²) < 4.78 is 3.54. The number of hydrogen-bond donors (Lipinski definition) is 0. The number of aromatic nitrogens is 3. The molecule has 1 aromatic carbocycles. The van der Waals surface area contributed by atoms with E-state index in [1.165, 1.54) is 5.56 Å². The van der Waals surface area contributed by atoms with E-state index in [0.29, 0.717) is 28.4 Å². The Kier molecular flexibility index (Phi) is 4.51. The number of benzene rings is 1. The third-order valence-electron chi connectivity index (χ3n) is 6.05. The van der Waals surface area contributed by atoms with Gasteiger partial charge in [-0.1, -0.05) is 43.2 Å². The Morgan fingerprint density at radius 3 is 2.31 bits per heavy atom. The summed E-state index contributed by atoms with van der Waals surface area (Å²) in [7, 11) is 0. The van der Waals surface area contributed by atoms with E-state index >= 15 is 0 Å². The Balaban J connectivity index is 1.57. The number of rotatable bonds is 4. The lowest BCUT2D eigenvalue weighted by Crippen LogP contribution is -2.24. The van der Waals surface area contributed by atoms with Gasteiger partial charge >= 0.3 is 0 Å². The van der Waals surface area contributed by atoms with Crippen LogP contribution in [0.25, 0.3) is 21.8 Å². The molecule has 1 fully saturated rings. The van der Waals surface area contributed by atoms with E-state index in [2.05, 4.69) is 17.1 Å². The van der Waals surface area contributed by atoms with Gasteiger partial charge in [-0.3, -0.25) is 9.59 Å². The van der Waals surface area contributed by atoms with Crippen molar-refractivity contribution in [2.75, 3.05) is 0 Å². The zero-order valence-electron chi connectivity index (χ0n) is 16.3. The Bertz CT molecular complexity index is 1300. The van der Waals surface area contributed by atoms with Crippen LogP contribution < -0.4 is 11.1 Å². The molecule has 0 radical (unpaired) electrons. The quantitative estimate of drug-likeness (QED) is 0.498. The topological polar surface area (TPSA) is 56.9 Å². The third kappa shape index (κ3) is 3.27. The molecule has 0 bridgehead atoms. The van der Waals surface area contributed by atoms with Crippen LogP contribution in [0.1, 0.15) is 37.3 Å². The summed E-state index contributed by atoms with van der Waals surface area (Å²) in [6.45, 7) is 0.595. The van der Waals surface area contributed by atoms with Crippen molar-refractivity contribution in [2.24, 2.45) is 0 Å². The highest BCUT2D eigenvalue weighted by atomic mass is 16.1. The van der Waals surface area contributed by atoms with Gasteiger partial charge in [-0.15, -0.1) is 0 Å². The molecule has 3 heterocycles. The predicted octanol–water partition coefficient (Wildman–Crippen LogP) is 4.07. The van der Waals surface area contributed by atoms with Crippen LogP contribution in [0.5, 0.6) is 0 Å². The van der Waals surface area contributed by atoms with Gasteiger partial charge in [0.1, 0.15) is 0 Å². The lowest BCUT2D eigenvalue weighted by molar-refractivity contribution is 0.505. The fraction of sp³-hybridized carbons (Fsp3) is 0.292. The van der Waals surface area contributed by atoms with Crippen molar-refractivity contribution in [3.05, 3.63) is 87.2 Å². The molecule has 146 valence electrons. The van der Waals surface area contributed by atoms with Crippen molar-refractivity contribution >= 4 is 21.8 Å². The molecule has 3 aromatic heterocycles. The van der Waals surface area contributed by atoms with Gasteiger partial charge in [0.2, 0.25) is 0 Å². The first-order chi connectivity index (χ1) is 14.2. The summed E-state index contributed by atoms with van der Waals surface area (Å²) in [6, 6.07) is 15.9. The molecule has 5 rings (SSSR count). The summed E-state index contributed by atoms with van der Waals surface area (Å²) in [5.74, 6) is 0. The fourth-order valence-electron chi connectivity index (χ4n) is 4.42. The summed E-state index contributed by atoms with van der Waals surface area (Å²) in [5, 5.41) is 1.04. The van der Waals surface area contributed by atoms with Gasteiger partial charge in [0, 0.05) is 25.0 Å². The molecule has 4 aromatic rings. The molecule has 0 saturated heterocycles. The maximum atomic E-state index is 13.1. The van der Waals surface area contributed by atoms with Crippen molar-refractivity contribution in [1.29, 1.82) is 0 Å². The van der Waals surface area contributed by atoms with Gasteiger partial charge in [0.25, 0.3) is 11.1 Å². The molecule has 0 atom stereocenters. The number of hydrogen-bond acceptors (Lipinski definition) is 3. The van der Waals surface area contributed by atoms with Gasteiger partial charge in [0.15, 0.2) is 0 Å². The van der Waals surface area contributed by atoms with Crippen molar-refractivity contribution < 1.29 is 0 Å². The molecule has 5 heteroatoms. The molecule has 5 nitrogen and oxygen atoms in total. The number of pyridine rings is 3. The van der Waals surface area contributed by atoms with Crippen LogP contribution in [-0.4, -0.2) is 14.1 Å². The summed E-state index contributed by atoms with van der Waals surface area (Å²) in [4.78, 5) is 30.7. The standard InChI is InChI=1S/C24H23N3O2/c28-23-19-16-20-22(12-15-27(24(20)29)18-8-4-5-9-18)25-21(19)11-14-26(23)13-10-17-6-2-1-3-7-17/h1-3,6-7,11-12,14-16,18H,4-5,8-10,13H2. The van der Waals surface area contributed by atoms with E-state index in [1.807, 2.05) is 41.1 Å². The van der Waals surface area contributed by atoms with Gasteiger partial charge in [0.05, 0.1) is 21.8 Å². The number of nitrogens with zero attached hydrogens (tertiary/aromatic N) is 3. The average Bonchev–Trinajstić information content (AvgIpc) is 3.28. The SMILES string of the molecule is O=c1c2cc3c(=O)n(C4CCCC4)ccc3nc2ccn1CCc1ccccc1. The van der Waals surface area contributed by atoms with E-state index in [4.69, 9.17) is 0 Å². The second-order valence-electron chi connectivity index (χ2n) is 7.87. The maximum absolute atomic E-state index is 13.1. The molecule has 1 saturated carbocycles. The molecule has 0 N–H and O–H groups in total. The van der Waals surface area contributed by atoms with Crippen molar-refractivity contribution in [3.63, 3.8) is 0 Å². The molecule has 0 unspecified atom stereocenters. The molecular weight excluding hydrogens is 362 g/mol. The zero-order valence-corrected chi connectivity index (χ0v) is 16.3. The van der Waals surface area contributed by atoms with E-state index < -0.39 is 0 Å². The van der Waals surface area contributed by atoms with Crippen molar-refractivity contribution in [3.8, 4) is 0 Å². The Hall–Kier alpha value is -3.21. The number of fused-ring (bicyclic) bond motifs is 2. The van der Waals surface area contributed by atoms with E-state index in [1.54, 1.807) is 16.8 Å². The first-order valence-corrected chi connectivity index (χ1v) is 10.3. The van der Waals surface area contributed by atoms with Crippen LogP contribution in [-0.2, 0) is 13.0 Å². The zero-order chi connectivity index (χ0) is 19.8. The smallest absolute Gasteiger partial charge is 0.260 e. The van der Waals surface area contributed by atoms with E-state index in [0.717, 1.165) is 32.1 Å². The van der Waals surface area contributed by atoms with Crippen LogP contribution in [0.2, 0.25) is 0 Å². The molecular formula is C24H23N3O2. The van der Waals surface area contributed by atoms with Gasteiger partial charge in [-0.2, -0.15) is 0 Å². The third-order valence-corrected chi connectivity index (χ3v) is 6.05. The molecule has 0 spiro atoms. The monoisotopic (exact) mass is 385 g/mol. The maximum Gasteiger partial charge on any atom is 0.260 e. The Morgan fingerprint density at radius 1 is 0.862 bits per heavy atom. The normalized spacial score (nSPS) is 14.8. The highest BCUT2D eigenvalue weighted by Gasteiger charge is 2.19. The van der Waals surface area contributed by atoms with Crippen LogP contribution in [0, 0.1) is 0 Å². The lowest BCUT2D eigenvalue weighted by atomic mass is 10.1. The Morgan fingerprint density at radius 2 is 1.55 bits per heavy atom. The molecule has 1 aliphatic rings. The van der Waals surface area contributed by atoms with E-state index in [9.17, 15) is 9.59 Å². The second kappa shape index (κ2) is 7.32. The van der Waals surface area contributed by atoms with Crippen LogP contribution in [0.15, 0.2) is 70.5 Å². The summed E-state index contributed by atoms with van der Waals surface area (Å²) in [6.07, 6.45) is 8.85. The molecule has 29 heavy (non-hydrogen) atoms. The minimum atomic E-state index is -0.0940. The van der Waals surface area contributed by atoms with Crippen molar-refractivity contribution in [1.82, 2.24) is 14.1 Å². The highest BCUT2D eigenvalue weighted by Crippen LogP contribution is 2.28. The first kappa shape index (κ1) is 17.9. The molecule has 0 aliphatic heterocycles. The first-order valence-electron chi connectivity index (χ1n) is 10.3. The van der Waals surface area contributed by atoms with Gasteiger partial charge in [-0.05, 0) is 43.0 Å². The summed E-state index contributed by atoms with van der Waals surface area (Å²) >= 11 is 0. The number of aryl methyl sites for hydroxylation is 2. The largest absolute Gasteiger partial charge is 0.315 e. The van der Waals surface area contributed by atoms with Gasteiger partial charge < -0.3 is 9.13 Å². The average molecular weight is 385 g/mol. The minimum absolute atomic E-state index is 0.0390. The van der Waals surface area contributed by atoms with Crippen LogP contribution >= 0.6 is 0 Å². The van der Waals surface area contributed by atoms with Crippen LogP contribution in [0.3, 0.4) is 0 Å². The summed E-state index contributed by atoms with van der Waals surface area (Å²) in [5.41, 5.74) is 2.34. The second-order valence-corrected chi connectivity index (χ2v) is 7.87. The minimum Gasteiger partial charge on any atom is -0.315 e. The molecule has 0 amide bonds. The lowest BCUT2D eigenvalue weighted by Gasteiger charge is -2.14. The van der Waals surface area contributed by atoms with E-state index in [-0.39, 0.29) is 17.2 Å². The highest BCUT2D eigenvalue weighted by molar-refractivity contribution is 5.91. The van der Waals surface area contributed by atoms with Gasteiger partial charge in [-0.25, -0.2) is 4.98 Å². The fourth-order valence-corrected chi connectivity index (χ4v) is 4.42. The van der Waals surface area contributed by atoms with Crippen molar-refractivity contribution in [2.45, 2.75) is 44.7 Å². The predicted molar refractivity (Wildman–Crippen MR) is 115 cm³/mol. The van der Waals surface area contributed by atoms with Crippen LogP contribution in [0.4, 0.5) is 0 Å².